The average molecular weight is 316 g/mol. The molecule has 0 saturated carbocycles. The van der Waals surface area contributed by atoms with Gasteiger partial charge in [-0.05, 0) is 14.1 Å². The van der Waals surface area contributed by atoms with Crippen LogP contribution < -0.4 is 5.73 Å². The van der Waals surface area contributed by atoms with Gasteiger partial charge in [0.15, 0.2) is 0 Å². The van der Waals surface area contributed by atoms with E-state index in [9.17, 15) is 13.2 Å². The number of hydrogen-bond donors (Lipinski definition) is 2. The van der Waals surface area contributed by atoms with Crippen LogP contribution in [0.25, 0.3) is 0 Å². The number of piperazine rings is 1. The number of carbonyl (C=O) groups excluding carboxylic acids is 1. The fourth-order valence-corrected chi connectivity index (χ4v) is 3.61. The molecule has 1 aromatic rings. The molecule has 0 radical (unpaired) electrons. The van der Waals surface area contributed by atoms with Gasteiger partial charge in [-0.2, -0.15) is 9.40 Å². The van der Waals surface area contributed by atoms with Gasteiger partial charge in [-0.15, -0.1) is 0 Å². The number of nitrogens with one attached hydrogen (secondary N) is 1. The number of aromatic nitrogens is 2. The van der Waals surface area contributed by atoms with Gasteiger partial charge < -0.3 is 15.5 Å². The van der Waals surface area contributed by atoms with Crippen LogP contribution in [0.15, 0.2) is 11.1 Å². The van der Waals surface area contributed by atoms with Gasteiger partial charge in [0.1, 0.15) is 10.7 Å². The van der Waals surface area contributed by atoms with E-state index in [0.717, 1.165) is 0 Å². The number of nitrogen functional groups attached to an aromatic ring is 1. The summed E-state index contributed by atoms with van der Waals surface area (Å²) in [6.07, 6.45) is 1.20. The van der Waals surface area contributed by atoms with E-state index in [2.05, 4.69) is 10.2 Å². The molecule has 21 heavy (non-hydrogen) atoms. The molecule has 1 fully saturated rings. The zero-order valence-electron chi connectivity index (χ0n) is 12.1. The summed E-state index contributed by atoms with van der Waals surface area (Å²) in [6.45, 7) is 1.59. The molecular formula is C11H20N6O3S. The van der Waals surface area contributed by atoms with Crippen molar-refractivity contribution in [3.63, 3.8) is 0 Å². The fourth-order valence-electron chi connectivity index (χ4n) is 2.18. The van der Waals surface area contributed by atoms with Crippen molar-refractivity contribution in [2.75, 3.05) is 52.6 Å². The van der Waals surface area contributed by atoms with Crippen LogP contribution in [-0.2, 0) is 14.8 Å². The van der Waals surface area contributed by atoms with Gasteiger partial charge in [0.2, 0.25) is 15.9 Å². The summed E-state index contributed by atoms with van der Waals surface area (Å²) in [4.78, 5) is 15.4. The lowest BCUT2D eigenvalue weighted by atomic mass is 10.3. The quantitative estimate of drug-likeness (QED) is 0.690. The first-order valence-electron chi connectivity index (χ1n) is 6.54. The molecule has 0 aliphatic carbocycles. The molecule has 0 unspecified atom stereocenters. The Morgan fingerprint density at radius 2 is 2.00 bits per heavy atom. The second-order valence-electron chi connectivity index (χ2n) is 5.17. The van der Waals surface area contributed by atoms with Crippen LogP contribution in [0.4, 0.5) is 5.82 Å². The van der Waals surface area contributed by atoms with Crippen molar-refractivity contribution in [1.82, 2.24) is 24.3 Å². The monoisotopic (exact) mass is 316 g/mol. The number of anilines is 1. The Labute approximate surface area is 123 Å². The molecule has 1 amide bonds. The summed E-state index contributed by atoms with van der Waals surface area (Å²) in [7, 11) is -0.0159. The Balaban J connectivity index is 2.01. The van der Waals surface area contributed by atoms with Crippen molar-refractivity contribution in [3.05, 3.63) is 6.20 Å². The maximum atomic E-state index is 12.4. The zero-order chi connectivity index (χ0) is 15.6. The van der Waals surface area contributed by atoms with Crippen LogP contribution in [-0.4, -0.2) is 85.4 Å². The van der Waals surface area contributed by atoms with E-state index in [-0.39, 0.29) is 29.7 Å². The number of sulfonamides is 1. The van der Waals surface area contributed by atoms with Crippen molar-refractivity contribution in [3.8, 4) is 0 Å². The molecule has 9 nitrogen and oxygen atoms in total. The van der Waals surface area contributed by atoms with Crippen molar-refractivity contribution in [2.24, 2.45) is 0 Å². The number of nitrogens with zero attached hydrogens (tertiary/aromatic N) is 4. The van der Waals surface area contributed by atoms with Gasteiger partial charge in [0.05, 0.1) is 12.7 Å². The topological polar surface area (TPSA) is 116 Å². The summed E-state index contributed by atoms with van der Waals surface area (Å²) >= 11 is 0. The first-order chi connectivity index (χ1) is 9.82. The lowest BCUT2D eigenvalue weighted by Gasteiger charge is -2.34. The zero-order valence-corrected chi connectivity index (χ0v) is 12.9. The van der Waals surface area contributed by atoms with Gasteiger partial charge in [0, 0.05) is 26.2 Å². The van der Waals surface area contributed by atoms with E-state index < -0.39 is 10.0 Å². The second kappa shape index (κ2) is 6.00. The van der Waals surface area contributed by atoms with Gasteiger partial charge in [-0.1, -0.05) is 0 Å². The van der Waals surface area contributed by atoms with E-state index in [4.69, 9.17) is 5.73 Å². The minimum absolute atomic E-state index is 0.000118. The summed E-state index contributed by atoms with van der Waals surface area (Å²) in [6, 6.07) is 0. The highest BCUT2D eigenvalue weighted by Crippen LogP contribution is 2.21. The van der Waals surface area contributed by atoms with Crippen LogP contribution in [0, 0.1) is 0 Å². The molecule has 0 spiro atoms. The molecule has 2 rings (SSSR count). The van der Waals surface area contributed by atoms with E-state index in [0.29, 0.717) is 19.6 Å². The number of hydrogen-bond acceptors (Lipinski definition) is 6. The maximum Gasteiger partial charge on any atom is 0.248 e. The van der Waals surface area contributed by atoms with Crippen molar-refractivity contribution < 1.29 is 13.2 Å². The van der Waals surface area contributed by atoms with E-state index in [1.165, 1.54) is 10.5 Å². The Morgan fingerprint density at radius 1 is 1.38 bits per heavy atom. The predicted molar refractivity (Wildman–Crippen MR) is 76.9 cm³/mol. The standard InChI is InChI=1S/C11H20N6O3S/c1-15(2)8-10(18)16-3-5-17(6-4-16)21(19,20)9-7-13-14-11(9)12/h7H,3-6,8H2,1-2H3,(H3,12,13,14). The second-order valence-corrected chi connectivity index (χ2v) is 7.08. The summed E-state index contributed by atoms with van der Waals surface area (Å²) < 4.78 is 26.1. The van der Waals surface area contributed by atoms with Gasteiger partial charge >= 0.3 is 0 Å². The highest BCUT2D eigenvalue weighted by Gasteiger charge is 2.32. The third-order valence-corrected chi connectivity index (χ3v) is 5.22. The number of likely N-dealkylation sites (N-methyl/N-ethyl adjacent to an activating group) is 1. The number of amides is 1. The Morgan fingerprint density at radius 3 is 2.48 bits per heavy atom. The molecule has 10 heteroatoms. The van der Waals surface area contributed by atoms with Gasteiger partial charge in [0.25, 0.3) is 0 Å². The van der Waals surface area contributed by atoms with Crippen LogP contribution >= 0.6 is 0 Å². The first kappa shape index (κ1) is 15.7. The van der Waals surface area contributed by atoms with Gasteiger partial charge in [-0.3, -0.25) is 9.89 Å². The molecule has 1 aliphatic heterocycles. The molecule has 1 aromatic heterocycles. The highest BCUT2D eigenvalue weighted by molar-refractivity contribution is 7.89. The molecule has 1 aliphatic rings. The number of H-pyrrole nitrogens is 1. The third-order valence-electron chi connectivity index (χ3n) is 3.29. The molecule has 118 valence electrons. The third kappa shape index (κ3) is 3.34. The van der Waals surface area contributed by atoms with Crippen molar-refractivity contribution in [2.45, 2.75) is 4.90 Å². The van der Waals surface area contributed by atoms with E-state index >= 15 is 0 Å². The van der Waals surface area contributed by atoms with E-state index in [1.54, 1.807) is 9.80 Å². The highest BCUT2D eigenvalue weighted by atomic mass is 32.2. The lowest BCUT2D eigenvalue weighted by Crippen LogP contribution is -2.52. The van der Waals surface area contributed by atoms with Crippen molar-refractivity contribution in [1.29, 1.82) is 0 Å². The largest absolute Gasteiger partial charge is 0.383 e. The Bertz CT molecular complexity index is 603. The molecule has 0 aromatic carbocycles. The molecule has 3 N–H and O–H groups in total. The number of nitrogens with two attached hydrogens (primary N) is 1. The minimum Gasteiger partial charge on any atom is -0.383 e. The molecule has 1 saturated heterocycles. The SMILES string of the molecule is CN(C)CC(=O)N1CCN(S(=O)(=O)c2cn[nH]c2N)CC1. The smallest absolute Gasteiger partial charge is 0.248 e. The Kier molecular flexibility index (Phi) is 4.49. The molecule has 2 heterocycles. The summed E-state index contributed by atoms with van der Waals surface area (Å²) in [5.41, 5.74) is 5.57. The van der Waals surface area contributed by atoms with Crippen molar-refractivity contribution >= 4 is 21.7 Å². The molecule has 0 atom stereocenters. The van der Waals surface area contributed by atoms with Crippen LogP contribution in [0.1, 0.15) is 0 Å². The summed E-state index contributed by atoms with van der Waals surface area (Å²) in [5.74, 6) is 0.0287. The Hall–Kier alpha value is -1.65. The van der Waals surface area contributed by atoms with Crippen LogP contribution in [0.2, 0.25) is 0 Å². The van der Waals surface area contributed by atoms with Gasteiger partial charge in [-0.25, -0.2) is 8.42 Å². The molecular weight excluding hydrogens is 296 g/mol. The fraction of sp³-hybridized carbons (Fsp3) is 0.636. The predicted octanol–water partition coefficient (Wildman–Crippen LogP) is -1.61. The van der Waals surface area contributed by atoms with Crippen LogP contribution in [0.3, 0.4) is 0 Å². The van der Waals surface area contributed by atoms with Crippen LogP contribution in [0.5, 0.6) is 0 Å². The summed E-state index contributed by atoms with van der Waals surface area (Å²) in [5, 5.41) is 6.05. The maximum absolute atomic E-state index is 12.4. The number of aromatic amines is 1. The number of rotatable bonds is 4. The molecule has 0 bridgehead atoms. The lowest BCUT2D eigenvalue weighted by molar-refractivity contribution is -0.133. The van der Waals surface area contributed by atoms with E-state index in [1.807, 2.05) is 14.1 Å². The number of carbonyl (C=O) groups is 1. The normalized spacial score (nSPS) is 17.4. The first-order valence-corrected chi connectivity index (χ1v) is 7.98. The minimum atomic E-state index is -3.66. The average Bonchev–Trinajstić information content (AvgIpc) is 2.85.